The summed E-state index contributed by atoms with van der Waals surface area (Å²) in [7, 11) is 1.83. The molecule has 0 aliphatic heterocycles. The van der Waals surface area contributed by atoms with Gasteiger partial charge in [-0.05, 0) is 29.8 Å². The SMILES string of the molecule is CNc1nnc(SCc2ccc(C(=O)Nc3ccccc3)cc2)s1. The highest BCUT2D eigenvalue weighted by molar-refractivity contribution is 8.00. The Labute approximate surface area is 148 Å². The van der Waals surface area contributed by atoms with Crippen LogP contribution in [-0.2, 0) is 5.75 Å². The van der Waals surface area contributed by atoms with Gasteiger partial charge in [0.25, 0.3) is 5.91 Å². The van der Waals surface area contributed by atoms with Gasteiger partial charge in [0, 0.05) is 24.1 Å². The fraction of sp³-hybridized carbons (Fsp3) is 0.118. The molecule has 0 unspecified atom stereocenters. The Morgan fingerprint density at radius 2 is 1.83 bits per heavy atom. The summed E-state index contributed by atoms with van der Waals surface area (Å²) in [5.41, 5.74) is 2.57. The molecule has 0 fully saturated rings. The van der Waals surface area contributed by atoms with Gasteiger partial charge in [-0.2, -0.15) is 0 Å². The first kappa shape index (κ1) is 16.5. The predicted octanol–water partition coefficient (Wildman–Crippen LogP) is 4.12. The minimum atomic E-state index is -0.108. The van der Waals surface area contributed by atoms with Crippen molar-refractivity contribution >= 4 is 39.8 Å². The van der Waals surface area contributed by atoms with Gasteiger partial charge in [-0.1, -0.05) is 53.4 Å². The van der Waals surface area contributed by atoms with E-state index in [-0.39, 0.29) is 5.91 Å². The number of hydrogen-bond acceptors (Lipinski definition) is 6. The van der Waals surface area contributed by atoms with E-state index in [1.165, 1.54) is 11.3 Å². The van der Waals surface area contributed by atoms with E-state index in [0.29, 0.717) is 5.56 Å². The average molecular weight is 356 g/mol. The normalized spacial score (nSPS) is 10.4. The van der Waals surface area contributed by atoms with Crippen LogP contribution in [-0.4, -0.2) is 23.2 Å². The predicted molar refractivity (Wildman–Crippen MR) is 99.9 cm³/mol. The molecule has 0 bridgehead atoms. The average Bonchev–Trinajstić information content (AvgIpc) is 3.09. The van der Waals surface area contributed by atoms with E-state index in [1.54, 1.807) is 11.8 Å². The third kappa shape index (κ3) is 4.33. The number of carbonyl (C=O) groups excluding carboxylic acids is 1. The van der Waals surface area contributed by atoms with Crippen molar-refractivity contribution in [1.29, 1.82) is 0 Å². The van der Waals surface area contributed by atoms with Crippen LogP contribution in [0.4, 0.5) is 10.8 Å². The maximum atomic E-state index is 12.2. The quantitative estimate of drug-likeness (QED) is 0.650. The Bertz CT molecular complexity index is 803. The number of rotatable bonds is 6. The van der Waals surface area contributed by atoms with Crippen molar-refractivity contribution in [3.05, 3.63) is 65.7 Å². The van der Waals surface area contributed by atoms with Crippen molar-refractivity contribution in [2.45, 2.75) is 10.1 Å². The fourth-order valence-electron chi connectivity index (χ4n) is 1.99. The van der Waals surface area contributed by atoms with E-state index >= 15 is 0 Å². The summed E-state index contributed by atoms with van der Waals surface area (Å²) in [5, 5.41) is 14.8. The smallest absolute Gasteiger partial charge is 0.255 e. The molecule has 24 heavy (non-hydrogen) atoms. The Balaban J connectivity index is 1.57. The summed E-state index contributed by atoms with van der Waals surface area (Å²) < 4.78 is 0.922. The molecular formula is C17H16N4OS2. The molecule has 0 saturated heterocycles. The number of nitrogens with one attached hydrogen (secondary N) is 2. The van der Waals surface area contributed by atoms with Crippen LogP contribution < -0.4 is 10.6 Å². The van der Waals surface area contributed by atoms with E-state index in [2.05, 4.69) is 20.8 Å². The van der Waals surface area contributed by atoms with E-state index in [0.717, 1.165) is 26.5 Å². The van der Waals surface area contributed by atoms with Crippen LogP contribution >= 0.6 is 23.1 Å². The minimum absolute atomic E-state index is 0.108. The number of anilines is 2. The first-order valence-electron chi connectivity index (χ1n) is 7.34. The zero-order chi connectivity index (χ0) is 16.8. The summed E-state index contributed by atoms with van der Waals surface area (Å²) in [6.45, 7) is 0. The second-order valence-corrected chi connectivity index (χ2v) is 7.13. The summed E-state index contributed by atoms with van der Waals surface area (Å²) in [4.78, 5) is 12.2. The van der Waals surface area contributed by atoms with Crippen molar-refractivity contribution in [2.75, 3.05) is 17.7 Å². The monoisotopic (exact) mass is 356 g/mol. The molecule has 3 aromatic rings. The first-order valence-corrected chi connectivity index (χ1v) is 9.14. The molecule has 0 spiro atoms. The lowest BCUT2D eigenvalue weighted by Crippen LogP contribution is -2.11. The van der Waals surface area contributed by atoms with Gasteiger partial charge in [0.05, 0.1) is 0 Å². The lowest BCUT2D eigenvalue weighted by molar-refractivity contribution is 0.102. The highest BCUT2D eigenvalue weighted by atomic mass is 32.2. The summed E-state index contributed by atoms with van der Waals surface area (Å²) in [5.74, 6) is 0.682. The van der Waals surface area contributed by atoms with Crippen LogP contribution in [0.1, 0.15) is 15.9 Å². The van der Waals surface area contributed by atoms with Crippen LogP contribution in [0.3, 0.4) is 0 Å². The topological polar surface area (TPSA) is 66.9 Å². The van der Waals surface area contributed by atoms with E-state index < -0.39 is 0 Å². The fourth-order valence-corrected chi connectivity index (χ4v) is 3.65. The second kappa shape index (κ2) is 7.94. The first-order chi connectivity index (χ1) is 11.7. The maximum Gasteiger partial charge on any atom is 0.255 e. The summed E-state index contributed by atoms with van der Waals surface area (Å²) >= 11 is 3.16. The van der Waals surface area contributed by atoms with Crippen LogP contribution in [0, 0.1) is 0 Å². The summed E-state index contributed by atoms with van der Waals surface area (Å²) in [6, 6.07) is 17.0. The van der Waals surface area contributed by atoms with Crippen molar-refractivity contribution < 1.29 is 4.79 Å². The van der Waals surface area contributed by atoms with Crippen LogP contribution in [0.2, 0.25) is 0 Å². The highest BCUT2D eigenvalue weighted by Crippen LogP contribution is 2.28. The molecule has 2 aromatic carbocycles. The molecule has 1 heterocycles. The molecule has 0 aliphatic rings. The van der Waals surface area contributed by atoms with Gasteiger partial charge < -0.3 is 10.6 Å². The van der Waals surface area contributed by atoms with Gasteiger partial charge in [-0.3, -0.25) is 4.79 Å². The molecule has 3 rings (SSSR count). The molecular weight excluding hydrogens is 340 g/mol. The maximum absolute atomic E-state index is 12.2. The van der Waals surface area contributed by atoms with Gasteiger partial charge in [0.1, 0.15) is 0 Å². The van der Waals surface area contributed by atoms with E-state index in [9.17, 15) is 4.79 Å². The van der Waals surface area contributed by atoms with Crippen molar-refractivity contribution in [2.24, 2.45) is 0 Å². The Kier molecular flexibility index (Phi) is 5.45. The van der Waals surface area contributed by atoms with Crippen LogP contribution in [0.15, 0.2) is 58.9 Å². The molecule has 0 atom stereocenters. The zero-order valence-electron chi connectivity index (χ0n) is 13.0. The number of benzene rings is 2. The van der Waals surface area contributed by atoms with Gasteiger partial charge >= 0.3 is 0 Å². The van der Waals surface area contributed by atoms with E-state index in [4.69, 9.17) is 0 Å². The van der Waals surface area contributed by atoms with Crippen molar-refractivity contribution in [1.82, 2.24) is 10.2 Å². The highest BCUT2D eigenvalue weighted by Gasteiger charge is 2.07. The van der Waals surface area contributed by atoms with Gasteiger partial charge in [-0.15, -0.1) is 10.2 Å². The third-order valence-electron chi connectivity index (χ3n) is 3.23. The summed E-state index contributed by atoms with van der Waals surface area (Å²) in [6.07, 6.45) is 0. The molecule has 0 aliphatic carbocycles. The number of thioether (sulfide) groups is 1. The lowest BCUT2D eigenvalue weighted by Gasteiger charge is -2.06. The molecule has 1 amide bonds. The number of amides is 1. The van der Waals surface area contributed by atoms with Crippen molar-refractivity contribution in [3.8, 4) is 0 Å². The molecule has 0 saturated carbocycles. The number of para-hydroxylation sites is 1. The largest absolute Gasteiger partial charge is 0.363 e. The Morgan fingerprint density at radius 1 is 1.08 bits per heavy atom. The standard InChI is InChI=1S/C17H16N4OS2/c1-18-16-20-21-17(24-16)23-11-12-7-9-13(10-8-12)15(22)19-14-5-3-2-4-6-14/h2-10H,11H2,1H3,(H,18,20)(H,19,22). The lowest BCUT2D eigenvalue weighted by atomic mass is 10.1. The molecule has 2 N–H and O–H groups in total. The van der Waals surface area contributed by atoms with E-state index in [1.807, 2.05) is 61.6 Å². The van der Waals surface area contributed by atoms with Crippen LogP contribution in [0.25, 0.3) is 0 Å². The van der Waals surface area contributed by atoms with Crippen LogP contribution in [0.5, 0.6) is 0 Å². The molecule has 5 nitrogen and oxygen atoms in total. The van der Waals surface area contributed by atoms with Gasteiger partial charge in [-0.25, -0.2) is 0 Å². The second-order valence-electron chi connectivity index (χ2n) is 4.93. The molecule has 122 valence electrons. The molecule has 7 heteroatoms. The molecule has 0 radical (unpaired) electrons. The Morgan fingerprint density at radius 3 is 2.50 bits per heavy atom. The zero-order valence-corrected chi connectivity index (χ0v) is 14.7. The minimum Gasteiger partial charge on any atom is -0.363 e. The third-order valence-corrected chi connectivity index (χ3v) is 5.38. The van der Waals surface area contributed by atoms with Gasteiger partial charge in [0.15, 0.2) is 4.34 Å². The number of hydrogen-bond donors (Lipinski definition) is 2. The number of carbonyl (C=O) groups is 1. The van der Waals surface area contributed by atoms with Gasteiger partial charge in [0.2, 0.25) is 5.13 Å². The Hall–Kier alpha value is -2.38. The van der Waals surface area contributed by atoms with Crippen molar-refractivity contribution in [3.63, 3.8) is 0 Å². The molecule has 1 aromatic heterocycles. The number of aromatic nitrogens is 2. The number of nitrogens with zero attached hydrogens (tertiary/aromatic N) is 2.